The third kappa shape index (κ3) is 3.05. The molecule has 0 unspecified atom stereocenters. The monoisotopic (exact) mass is 346 g/mol. The Balaban J connectivity index is 2.67. The van der Waals surface area contributed by atoms with E-state index in [0.29, 0.717) is 38.9 Å². The van der Waals surface area contributed by atoms with E-state index in [1.807, 2.05) is 0 Å². The molecule has 0 radical (unpaired) electrons. The van der Waals surface area contributed by atoms with Crippen molar-refractivity contribution >= 4 is 18.6 Å². The summed E-state index contributed by atoms with van der Waals surface area (Å²) in [5, 5.41) is 12.9. The Labute approximate surface area is 146 Å². The summed E-state index contributed by atoms with van der Waals surface area (Å²) in [6.45, 7) is 1.74. The largest absolute Gasteiger partial charge is 0.493 e. The summed E-state index contributed by atoms with van der Waals surface area (Å²) < 4.78 is 15.4. The van der Waals surface area contributed by atoms with Crippen LogP contribution in [0.25, 0.3) is 0 Å². The van der Waals surface area contributed by atoms with Crippen molar-refractivity contribution in [3.8, 4) is 17.6 Å². The van der Waals surface area contributed by atoms with Crippen LogP contribution in [0.15, 0.2) is 40.1 Å². The van der Waals surface area contributed by atoms with Crippen molar-refractivity contribution in [3.05, 3.63) is 45.6 Å². The molecule has 7 heteroatoms. The second kappa shape index (κ2) is 7.32. The summed E-state index contributed by atoms with van der Waals surface area (Å²) >= 11 is 4.33. The van der Waals surface area contributed by atoms with E-state index in [0.717, 1.165) is 0 Å². The van der Waals surface area contributed by atoms with Crippen LogP contribution < -0.4 is 14.8 Å². The average Bonchev–Trinajstić information content (AvgIpc) is 2.59. The van der Waals surface area contributed by atoms with Gasteiger partial charge < -0.3 is 19.5 Å². The molecule has 0 amide bonds. The van der Waals surface area contributed by atoms with Gasteiger partial charge in [0.05, 0.1) is 49.5 Å². The minimum atomic E-state index is -0.601. The maximum atomic E-state index is 12.3. The molecule has 1 aliphatic heterocycles. The fraction of sp³-hybridized carbons (Fsp3) is 0.294. The fourth-order valence-corrected chi connectivity index (χ4v) is 3.02. The second-order valence-corrected chi connectivity index (χ2v) is 5.52. The Kier molecular flexibility index (Phi) is 5.42. The lowest BCUT2D eigenvalue weighted by Crippen LogP contribution is -2.27. The van der Waals surface area contributed by atoms with Gasteiger partial charge in [-0.25, -0.2) is 4.79 Å². The molecule has 1 aromatic carbocycles. The van der Waals surface area contributed by atoms with Crippen molar-refractivity contribution in [1.82, 2.24) is 5.32 Å². The fourth-order valence-electron chi connectivity index (χ4n) is 2.67. The zero-order valence-electron chi connectivity index (χ0n) is 13.8. The SMILES string of the molecule is COC(=O)C1=C(C)NC(S)=C(C#N)[C@H]1c1ccc(OC)c(OC)c1. The molecular formula is C17H18N2O4S. The summed E-state index contributed by atoms with van der Waals surface area (Å²) in [5.74, 6) is -0.0399. The summed E-state index contributed by atoms with van der Waals surface area (Å²) in [5.41, 5.74) is 1.98. The molecule has 126 valence electrons. The number of nitrogens with zero attached hydrogens (tertiary/aromatic N) is 1. The van der Waals surface area contributed by atoms with Gasteiger partial charge >= 0.3 is 5.97 Å². The topological polar surface area (TPSA) is 80.6 Å². The highest BCUT2D eigenvalue weighted by molar-refractivity contribution is 7.84. The highest BCUT2D eigenvalue weighted by atomic mass is 32.1. The number of nitriles is 1. The maximum Gasteiger partial charge on any atom is 0.336 e. The van der Waals surface area contributed by atoms with E-state index in [4.69, 9.17) is 14.2 Å². The van der Waals surface area contributed by atoms with E-state index in [9.17, 15) is 10.1 Å². The standard InChI is InChI=1S/C17H18N2O4S/c1-9-14(17(20)23-4)15(11(8-18)16(24)19-9)10-5-6-12(21-2)13(7-10)22-3/h5-7,15,19,24H,1-4H3/t15-/m1/s1. The maximum absolute atomic E-state index is 12.3. The quantitative estimate of drug-likeness (QED) is 0.644. The summed E-state index contributed by atoms with van der Waals surface area (Å²) in [4.78, 5) is 12.3. The van der Waals surface area contributed by atoms with Crippen molar-refractivity contribution in [1.29, 1.82) is 5.26 Å². The molecule has 1 N–H and O–H groups in total. The second-order valence-electron chi connectivity index (χ2n) is 5.08. The zero-order valence-corrected chi connectivity index (χ0v) is 14.7. The van der Waals surface area contributed by atoms with E-state index in [1.54, 1.807) is 32.2 Å². The van der Waals surface area contributed by atoms with Crippen LogP contribution >= 0.6 is 12.6 Å². The molecule has 0 fully saturated rings. The van der Waals surface area contributed by atoms with Crippen molar-refractivity contribution < 1.29 is 19.0 Å². The Morgan fingerprint density at radius 2 is 1.92 bits per heavy atom. The molecule has 1 aliphatic rings. The molecular weight excluding hydrogens is 328 g/mol. The Bertz CT molecular complexity index is 777. The lowest BCUT2D eigenvalue weighted by atomic mass is 9.82. The van der Waals surface area contributed by atoms with Gasteiger partial charge in [-0.2, -0.15) is 5.26 Å². The first-order valence-electron chi connectivity index (χ1n) is 7.09. The summed E-state index contributed by atoms with van der Waals surface area (Å²) in [6.07, 6.45) is 0. The summed E-state index contributed by atoms with van der Waals surface area (Å²) in [7, 11) is 4.37. The number of benzene rings is 1. The van der Waals surface area contributed by atoms with Gasteiger partial charge in [0.15, 0.2) is 11.5 Å². The number of ether oxygens (including phenoxy) is 3. The number of dihydropyridines is 1. The Morgan fingerprint density at radius 1 is 1.25 bits per heavy atom. The van der Waals surface area contributed by atoms with Crippen LogP contribution in [0.4, 0.5) is 0 Å². The smallest absolute Gasteiger partial charge is 0.336 e. The van der Waals surface area contributed by atoms with Gasteiger partial charge in [0.1, 0.15) is 0 Å². The van der Waals surface area contributed by atoms with Crippen molar-refractivity contribution in [2.45, 2.75) is 12.8 Å². The Hall–Kier alpha value is -2.59. The molecule has 1 heterocycles. The molecule has 0 bridgehead atoms. The first kappa shape index (κ1) is 17.8. The van der Waals surface area contributed by atoms with Crippen molar-refractivity contribution in [3.63, 3.8) is 0 Å². The van der Waals surface area contributed by atoms with Crippen LogP contribution in [0.3, 0.4) is 0 Å². The van der Waals surface area contributed by atoms with Crippen molar-refractivity contribution in [2.75, 3.05) is 21.3 Å². The number of methoxy groups -OCH3 is 3. The lowest BCUT2D eigenvalue weighted by molar-refractivity contribution is -0.136. The molecule has 1 aromatic rings. The van der Waals surface area contributed by atoms with Gasteiger partial charge in [0.25, 0.3) is 0 Å². The lowest BCUT2D eigenvalue weighted by Gasteiger charge is -2.28. The van der Waals surface area contributed by atoms with E-state index in [-0.39, 0.29) is 0 Å². The number of carbonyl (C=O) groups excluding carboxylic acids is 1. The van der Waals surface area contributed by atoms with Gasteiger partial charge in [0.2, 0.25) is 0 Å². The molecule has 0 saturated heterocycles. The molecule has 1 atom stereocenters. The van der Waals surface area contributed by atoms with Gasteiger partial charge in [-0.15, -0.1) is 12.6 Å². The van der Waals surface area contributed by atoms with Crippen LogP contribution in [0.1, 0.15) is 18.4 Å². The first-order valence-corrected chi connectivity index (χ1v) is 7.54. The van der Waals surface area contributed by atoms with Crippen LogP contribution in [-0.2, 0) is 9.53 Å². The molecule has 2 rings (SSSR count). The van der Waals surface area contributed by atoms with E-state index in [2.05, 4.69) is 24.0 Å². The third-order valence-corrected chi connectivity index (χ3v) is 4.16. The number of rotatable bonds is 4. The van der Waals surface area contributed by atoms with Gasteiger partial charge in [-0.3, -0.25) is 0 Å². The number of hydrogen-bond donors (Lipinski definition) is 2. The number of hydrogen-bond acceptors (Lipinski definition) is 7. The van der Waals surface area contributed by atoms with E-state index < -0.39 is 11.9 Å². The Morgan fingerprint density at radius 3 is 2.46 bits per heavy atom. The number of carbonyl (C=O) groups is 1. The van der Waals surface area contributed by atoms with Gasteiger partial charge in [-0.05, 0) is 24.6 Å². The van der Waals surface area contributed by atoms with Crippen LogP contribution in [-0.4, -0.2) is 27.3 Å². The first-order chi connectivity index (χ1) is 11.5. The molecule has 0 aliphatic carbocycles. The van der Waals surface area contributed by atoms with Crippen LogP contribution in [0, 0.1) is 11.3 Å². The minimum Gasteiger partial charge on any atom is -0.493 e. The normalized spacial score (nSPS) is 17.1. The molecule has 0 aromatic heterocycles. The van der Waals surface area contributed by atoms with Crippen LogP contribution in [0.2, 0.25) is 0 Å². The average molecular weight is 346 g/mol. The molecule has 24 heavy (non-hydrogen) atoms. The zero-order chi connectivity index (χ0) is 17.9. The number of esters is 1. The third-order valence-electron chi connectivity index (χ3n) is 3.81. The highest BCUT2D eigenvalue weighted by Gasteiger charge is 2.34. The summed E-state index contributed by atoms with van der Waals surface area (Å²) in [6, 6.07) is 7.38. The molecule has 0 saturated carbocycles. The van der Waals surface area contributed by atoms with E-state index >= 15 is 0 Å². The van der Waals surface area contributed by atoms with E-state index in [1.165, 1.54) is 14.2 Å². The van der Waals surface area contributed by atoms with Crippen molar-refractivity contribution in [2.24, 2.45) is 0 Å². The number of nitrogens with one attached hydrogen (secondary N) is 1. The molecule has 6 nitrogen and oxygen atoms in total. The van der Waals surface area contributed by atoms with Crippen LogP contribution in [0.5, 0.6) is 11.5 Å². The number of allylic oxidation sites excluding steroid dienone is 2. The predicted octanol–water partition coefficient (Wildman–Crippen LogP) is 2.50. The van der Waals surface area contributed by atoms with Gasteiger partial charge in [-0.1, -0.05) is 6.07 Å². The van der Waals surface area contributed by atoms with Gasteiger partial charge in [0, 0.05) is 5.70 Å². The molecule has 0 spiro atoms. The minimum absolute atomic E-state index is 0.330. The number of thiol groups is 1. The highest BCUT2D eigenvalue weighted by Crippen LogP contribution is 2.41. The predicted molar refractivity (Wildman–Crippen MR) is 91.8 cm³/mol.